The number of nitrogens with one attached hydrogen (secondary N) is 1. The summed E-state index contributed by atoms with van der Waals surface area (Å²) >= 11 is 7.56. The van der Waals surface area contributed by atoms with Crippen molar-refractivity contribution in [3.05, 3.63) is 92.2 Å². The predicted molar refractivity (Wildman–Crippen MR) is 137 cm³/mol. The first kappa shape index (κ1) is 23.1. The number of anilines is 1. The first-order chi connectivity index (χ1) is 15.7. The molecule has 3 aromatic carbocycles. The Kier molecular flexibility index (Phi) is 6.58. The molecule has 0 unspecified atom stereocenters. The van der Waals surface area contributed by atoms with Crippen molar-refractivity contribution in [1.82, 2.24) is 9.55 Å². The fourth-order valence-electron chi connectivity index (χ4n) is 3.68. The van der Waals surface area contributed by atoms with E-state index in [0.29, 0.717) is 26.8 Å². The van der Waals surface area contributed by atoms with Crippen molar-refractivity contribution in [2.75, 3.05) is 11.1 Å². The second kappa shape index (κ2) is 9.41. The summed E-state index contributed by atoms with van der Waals surface area (Å²) in [6.45, 7) is 7.90. The Morgan fingerprint density at radius 1 is 1.00 bits per heavy atom. The molecule has 0 radical (unpaired) electrons. The van der Waals surface area contributed by atoms with Crippen LogP contribution in [-0.4, -0.2) is 21.2 Å². The van der Waals surface area contributed by atoms with E-state index in [1.807, 2.05) is 70.2 Å². The summed E-state index contributed by atoms with van der Waals surface area (Å²) in [5.41, 5.74) is 5.90. The van der Waals surface area contributed by atoms with Gasteiger partial charge in [-0.1, -0.05) is 47.6 Å². The average Bonchev–Trinajstić information content (AvgIpc) is 2.77. The SMILES string of the molecule is Cc1cc(C)c(NC(=O)CSc2nc3ccccc3c(=O)n2-c2ccc(C)c(C)c2)c(Cl)c1. The number of fused-ring (bicyclic) bond motifs is 1. The van der Waals surface area contributed by atoms with Crippen LogP contribution in [0, 0.1) is 27.7 Å². The number of carbonyl (C=O) groups excluding carboxylic acids is 1. The van der Waals surface area contributed by atoms with Crippen molar-refractivity contribution in [3.8, 4) is 5.69 Å². The molecule has 5 nitrogen and oxygen atoms in total. The summed E-state index contributed by atoms with van der Waals surface area (Å²) in [6.07, 6.45) is 0. The highest BCUT2D eigenvalue weighted by molar-refractivity contribution is 7.99. The van der Waals surface area contributed by atoms with Crippen LogP contribution >= 0.6 is 23.4 Å². The Hall–Kier alpha value is -3.09. The predicted octanol–water partition coefficient (Wildman–Crippen LogP) is 6.00. The number of rotatable bonds is 5. The maximum absolute atomic E-state index is 13.4. The van der Waals surface area contributed by atoms with Gasteiger partial charge in [0.15, 0.2) is 5.16 Å². The highest BCUT2D eigenvalue weighted by Crippen LogP contribution is 2.28. The van der Waals surface area contributed by atoms with Crippen molar-refractivity contribution in [3.63, 3.8) is 0 Å². The molecule has 168 valence electrons. The molecule has 4 aromatic rings. The number of para-hydroxylation sites is 1. The van der Waals surface area contributed by atoms with Gasteiger partial charge in [-0.05, 0) is 80.3 Å². The zero-order valence-corrected chi connectivity index (χ0v) is 20.5. The fraction of sp³-hybridized carbons (Fsp3) is 0.192. The van der Waals surface area contributed by atoms with E-state index in [0.717, 1.165) is 27.9 Å². The number of hydrogen-bond donors (Lipinski definition) is 1. The zero-order valence-electron chi connectivity index (χ0n) is 18.9. The average molecular weight is 478 g/mol. The topological polar surface area (TPSA) is 64.0 Å². The molecule has 0 atom stereocenters. The highest BCUT2D eigenvalue weighted by atomic mass is 35.5. The Bertz CT molecular complexity index is 1420. The second-order valence-corrected chi connectivity index (χ2v) is 9.45. The molecule has 0 saturated heterocycles. The van der Waals surface area contributed by atoms with Crippen LogP contribution < -0.4 is 10.9 Å². The van der Waals surface area contributed by atoms with E-state index in [-0.39, 0.29) is 17.2 Å². The van der Waals surface area contributed by atoms with Crippen LogP contribution in [0.4, 0.5) is 5.69 Å². The van der Waals surface area contributed by atoms with Gasteiger partial charge in [0.25, 0.3) is 5.56 Å². The first-order valence-electron chi connectivity index (χ1n) is 10.5. The summed E-state index contributed by atoms with van der Waals surface area (Å²) in [5, 5.41) is 4.39. The first-order valence-corrected chi connectivity index (χ1v) is 11.9. The molecule has 0 aliphatic heterocycles. The zero-order chi connectivity index (χ0) is 23.7. The van der Waals surface area contributed by atoms with Crippen LogP contribution in [0.1, 0.15) is 22.3 Å². The van der Waals surface area contributed by atoms with Crippen molar-refractivity contribution in [1.29, 1.82) is 0 Å². The summed E-state index contributed by atoms with van der Waals surface area (Å²) in [5.74, 6) is -0.137. The maximum atomic E-state index is 13.4. The van der Waals surface area contributed by atoms with Gasteiger partial charge in [0.2, 0.25) is 5.91 Å². The third-order valence-corrected chi connectivity index (χ3v) is 6.76. The lowest BCUT2D eigenvalue weighted by Crippen LogP contribution is -2.23. The summed E-state index contributed by atoms with van der Waals surface area (Å²) in [7, 11) is 0. The number of amides is 1. The van der Waals surface area contributed by atoms with Crippen molar-refractivity contribution >= 4 is 45.9 Å². The molecule has 1 aromatic heterocycles. The van der Waals surface area contributed by atoms with Crippen LogP contribution in [0.15, 0.2) is 64.5 Å². The number of aromatic nitrogens is 2. The summed E-state index contributed by atoms with van der Waals surface area (Å²) in [6, 6.07) is 16.9. The number of carbonyl (C=O) groups is 1. The number of nitrogens with zero attached hydrogens (tertiary/aromatic N) is 2. The molecule has 1 amide bonds. The van der Waals surface area contributed by atoms with E-state index in [1.165, 1.54) is 11.8 Å². The lowest BCUT2D eigenvalue weighted by molar-refractivity contribution is -0.113. The van der Waals surface area contributed by atoms with E-state index in [1.54, 1.807) is 16.7 Å². The normalized spacial score (nSPS) is 11.1. The number of hydrogen-bond acceptors (Lipinski definition) is 4. The lowest BCUT2D eigenvalue weighted by Gasteiger charge is -2.15. The number of thioether (sulfide) groups is 1. The molecule has 33 heavy (non-hydrogen) atoms. The molecular weight excluding hydrogens is 454 g/mol. The maximum Gasteiger partial charge on any atom is 0.266 e. The molecule has 0 fully saturated rings. The third-order valence-electron chi connectivity index (χ3n) is 5.52. The number of halogens is 1. The minimum absolute atomic E-state index is 0.0826. The monoisotopic (exact) mass is 477 g/mol. The van der Waals surface area contributed by atoms with E-state index < -0.39 is 0 Å². The van der Waals surface area contributed by atoms with Crippen molar-refractivity contribution < 1.29 is 4.79 Å². The fourth-order valence-corrected chi connectivity index (χ4v) is 4.86. The largest absolute Gasteiger partial charge is 0.324 e. The lowest BCUT2D eigenvalue weighted by atomic mass is 10.1. The number of aryl methyl sites for hydroxylation is 4. The Balaban J connectivity index is 1.69. The highest BCUT2D eigenvalue weighted by Gasteiger charge is 2.16. The molecular formula is C26H24ClN3O2S. The van der Waals surface area contributed by atoms with Gasteiger partial charge in [-0.25, -0.2) is 4.98 Å². The van der Waals surface area contributed by atoms with Gasteiger partial charge < -0.3 is 5.32 Å². The van der Waals surface area contributed by atoms with Gasteiger partial charge in [0, 0.05) is 0 Å². The Morgan fingerprint density at radius 3 is 2.48 bits per heavy atom. The second-order valence-electron chi connectivity index (χ2n) is 8.10. The van der Waals surface area contributed by atoms with Crippen molar-refractivity contribution in [2.24, 2.45) is 0 Å². The van der Waals surface area contributed by atoms with Gasteiger partial charge in [-0.2, -0.15) is 0 Å². The molecule has 0 bridgehead atoms. The van der Waals surface area contributed by atoms with Gasteiger partial charge in [-0.3, -0.25) is 14.2 Å². The minimum atomic E-state index is -0.220. The Labute approximate surface area is 201 Å². The van der Waals surface area contributed by atoms with E-state index >= 15 is 0 Å². The van der Waals surface area contributed by atoms with Crippen LogP contribution in [0.3, 0.4) is 0 Å². The van der Waals surface area contributed by atoms with Crippen LogP contribution in [0.2, 0.25) is 5.02 Å². The molecule has 4 rings (SSSR count). The molecule has 0 aliphatic rings. The standard InChI is InChI=1S/C26H24ClN3O2S/c1-15-11-18(4)24(21(27)12-15)29-23(31)14-33-26-28-22-8-6-5-7-20(22)25(32)30(26)19-10-9-16(2)17(3)13-19/h5-13H,14H2,1-4H3,(H,29,31). The molecule has 1 N–H and O–H groups in total. The van der Waals surface area contributed by atoms with Crippen LogP contribution in [-0.2, 0) is 4.79 Å². The van der Waals surface area contributed by atoms with E-state index in [2.05, 4.69) is 5.32 Å². The van der Waals surface area contributed by atoms with Crippen molar-refractivity contribution in [2.45, 2.75) is 32.9 Å². The third kappa shape index (κ3) is 4.82. The number of benzene rings is 3. The molecule has 7 heteroatoms. The smallest absolute Gasteiger partial charge is 0.266 e. The minimum Gasteiger partial charge on any atom is -0.324 e. The van der Waals surface area contributed by atoms with Gasteiger partial charge in [-0.15, -0.1) is 0 Å². The quantitative estimate of drug-likeness (QED) is 0.282. The summed E-state index contributed by atoms with van der Waals surface area (Å²) < 4.78 is 1.58. The molecule has 1 heterocycles. The van der Waals surface area contributed by atoms with E-state index in [4.69, 9.17) is 16.6 Å². The van der Waals surface area contributed by atoms with Crippen LogP contribution in [0.25, 0.3) is 16.6 Å². The van der Waals surface area contributed by atoms with E-state index in [9.17, 15) is 9.59 Å². The van der Waals surface area contributed by atoms with Gasteiger partial charge >= 0.3 is 0 Å². The van der Waals surface area contributed by atoms with Crippen LogP contribution in [0.5, 0.6) is 0 Å². The van der Waals surface area contributed by atoms with Gasteiger partial charge in [0.05, 0.1) is 33.1 Å². The Morgan fingerprint density at radius 2 is 1.76 bits per heavy atom. The molecule has 0 saturated carbocycles. The van der Waals surface area contributed by atoms with Gasteiger partial charge in [0.1, 0.15) is 0 Å². The molecule has 0 spiro atoms. The summed E-state index contributed by atoms with van der Waals surface area (Å²) in [4.78, 5) is 30.9. The molecule has 0 aliphatic carbocycles.